The highest BCUT2D eigenvalue weighted by Crippen LogP contribution is 2.36. The molecule has 0 fully saturated rings. The molecule has 0 saturated heterocycles. The summed E-state index contributed by atoms with van der Waals surface area (Å²) in [4.78, 5) is 33.7. The number of benzene rings is 1. The number of nitrogens with one attached hydrogen (secondary N) is 1. The summed E-state index contributed by atoms with van der Waals surface area (Å²) in [6, 6.07) is 0. The Labute approximate surface area is 164 Å². The zero-order chi connectivity index (χ0) is 15.6. The Hall–Kier alpha value is 0.600. The van der Waals surface area contributed by atoms with Crippen LogP contribution in [0.5, 0.6) is 0 Å². The molecule has 10 heteroatoms. The van der Waals surface area contributed by atoms with Gasteiger partial charge in [0.1, 0.15) is 6.54 Å². The molecule has 0 aliphatic rings. The highest BCUT2D eigenvalue weighted by Gasteiger charge is 2.26. The number of hydrogen-bond donors (Lipinski definition) is 2. The number of hydrogen-bond acceptors (Lipinski definition) is 4. The van der Waals surface area contributed by atoms with Crippen LogP contribution in [0.25, 0.3) is 0 Å². The SMILES string of the molecule is O=C(O)CNc1c(I)c(C(=O)Cl)c(I)c(C(=O)Cl)c1I. The lowest BCUT2D eigenvalue weighted by Gasteiger charge is -2.16. The van der Waals surface area contributed by atoms with Gasteiger partial charge < -0.3 is 10.4 Å². The number of carboxylic acids is 1. The van der Waals surface area contributed by atoms with Gasteiger partial charge in [-0.15, -0.1) is 0 Å². The van der Waals surface area contributed by atoms with E-state index in [0.29, 0.717) is 16.4 Å². The van der Waals surface area contributed by atoms with E-state index in [2.05, 4.69) is 5.32 Å². The van der Waals surface area contributed by atoms with Gasteiger partial charge in [0.05, 0.1) is 24.0 Å². The lowest BCUT2D eigenvalue weighted by molar-refractivity contribution is -0.134. The van der Waals surface area contributed by atoms with Gasteiger partial charge in [0.2, 0.25) is 0 Å². The van der Waals surface area contributed by atoms with Gasteiger partial charge in [0.15, 0.2) is 0 Å². The first-order chi connectivity index (χ1) is 9.18. The standard InChI is InChI=1S/C10H4Cl2I3NO4/c11-9(19)3-5(13)4(10(12)20)7(15)8(6(3)14)16-1-2(17)18/h16H,1H2,(H,17,18). The van der Waals surface area contributed by atoms with Gasteiger partial charge in [-0.25, -0.2) is 0 Å². The van der Waals surface area contributed by atoms with E-state index in [1.807, 2.05) is 67.8 Å². The van der Waals surface area contributed by atoms with Crippen molar-refractivity contribution in [2.24, 2.45) is 0 Å². The second-order valence-electron chi connectivity index (χ2n) is 3.36. The molecule has 20 heavy (non-hydrogen) atoms. The van der Waals surface area contributed by atoms with Crippen LogP contribution in [-0.4, -0.2) is 28.1 Å². The number of anilines is 1. The molecule has 0 bridgehead atoms. The lowest BCUT2D eigenvalue weighted by Crippen LogP contribution is -2.17. The molecule has 108 valence electrons. The first-order valence-electron chi connectivity index (χ1n) is 4.74. The van der Waals surface area contributed by atoms with Gasteiger partial charge in [0.25, 0.3) is 10.5 Å². The summed E-state index contributed by atoms with van der Waals surface area (Å²) in [6.07, 6.45) is 0. The molecule has 0 radical (unpaired) electrons. The minimum absolute atomic E-state index is 0.130. The van der Waals surface area contributed by atoms with Crippen molar-refractivity contribution in [3.8, 4) is 0 Å². The Balaban J connectivity index is 3.62. The fourth-order valence-corrected chi connectivity index (χ4v) is 6.87. The molecule has 0 aromatic heterocycles. The van der Waals surface area contributed by atoms with E-state index in [1.54, 1.807) is 0 Å². The van der Waals surface area contributed by atoms with Crippen LogP contribution in [0.4, 0.5) is 5.69 Å². The Kier molecular flexibility index (Phi) is 7.22. The van der Waals surface area contributed by atoms with E-state index in [9.17, 15) is 14.4 Å². The van der Waals surface area contributed by atoms with Crippen molar-refractivity contribution >= 4 is 113 Å². The summed E-state index contributed by atoms with van der Waals surface area (Å²) in [7, 11) is 0. The van der Waals surface area contributed by atoms with Crippen molar-refractivity contribution in [3.63, 3.8) is 0 Å². The molecule has 0 aliphatic heterocycles. The van der Waals surface area contributed by atoms with Crippen LogP contribution in [0.3, 0.4) is 0 Å². The third-order valence-corrected chi connectivity index (χ3v) is 5.74. The zero-order valence-electron chi connectivity index (χ0n) is 9.27. The van der Waals surface area contributed by atoms with Gasteiger partial charge in [-0.1, -0.05) is 0 Å². The molecular weight excluding hydrogens is 650 g/mol. The molecule has 0 atom stereocenters. The van der Waals surface area contributed by atoms with E-state index in [-0.39, 0.29) is 17.7 Å². The zero-order valence-corrected chi connectivity index (χ0v) is 17.3. The van der Waals surface area contributed by atoms with Crippen LogP contribution in [0, 0.1) is 10.7 Å². The van der Waals surface area contributed by atoms with Gasteiger partial charge in [-0.05, 0) is 91.0 Å². The second kappa shape index (κ2) is 7.74. The molecule has 0 unspecified atom stereocenters. The van der Waals surface area contributed by atoms with Crippen LogP contribution in [0.2, 0.25) is 0 Å². The maximum Gasteiger partial charge on any atom is 0.322 e. The monoisotopic (exact) mass is 653 g/mol. The second-order valence-corrected chi connectivity index (χ2v) is 7.28. The number of aliphatic carboxylic acids is 1. The van der Waals surface area contributed by atoms with Crippen molar-refractivity contribution in [2.75, 3.05) is 11.9 Å². The van der Waals surface area contributed by atoms with Crippen molar-refractivity contribution in [1.82, 2.24) is 0 Å². The Morgan fingerprint density at radius 2 is 1.35 bits per heavy atom. The van der Waals surface area contributed by atoms with Gasteiger partial charge in [0, 0.05) is 3.57 Å². The molecule has 0 heterocycles. The largest absolute Gasteiger partial charge is 0.480 e. The first-order valence-corrected chi connectivity index (χ1v) is 8.73. The summed E-state index contributed by atoms with van der Waals surface area (Å²) in [5.74, 6) is -1.08. The van der Waals surface area contributed by atoms with Crippen LogP contribution >= 0.6 is 91.0 Å². The summed E-state index contributed by atoms with van der Waals surface area (Å²) in [6.45, 7) is -0.363. The number of halogens is 5. The maximum atomic E-state index is 11.5. The Bertz CT molecular complexity index is 580. The summed E-state index contributed by atoms with van der Waals surface area (Å²) >= 11 is 16.6. The topological polar surface area (TPSA) is 83.5 Å². The van der Waals surface area contributed by atoms with E-state index in [4.69, 9.17) is 28.3 Å². The molecule has 1 aromatic rings. The molecule has 1 aromatic carbocycles. The Morgan fingerprint density at radius 1 is 0.950 bits per heavy atom. The highest BCUT2D eigenvalue weighted by molar-refractivity contribution is 14.1. The minimum Gasteiger partial charge on any atom is -0.480 e. The number of carbonyl (C=O) groups is 3. The molecule has 0 amide bonds. The normalized spacial score (nSPS) is 10.2. The molecule has 0 saturated carbocycles. The van der Waals surface area contributed by atoms with Gasteiger partial charge in [-0.2, -0.15) is 0 Å². The van der Waals surface area contributed by atoms with Crippen LogP contribution < -0.4 is 5.32 Å². The predicted octanol–water partition coefficient (Wildman–Crippen LogP) is 3.75. The van der Waals surface area contributed by atoms with Gasteiger partial charge >= 0.3 is 5.97 Å². The molecular formula is C10H4Cl2I3NO4. The fourth-order valence-electron chi connectivity index (χ4n) is 1.33. The van der Waals surface area contributed by atoms with E-state index in [0.717, 1.165) is 0 Å². The van der Waals surface area contributed by atoms with Crippen molar-refractivity contribution < 1.29 is 19.5 Å². The molecule has 0 aliphatic carbocycles. The van der Waals surface area contributed by atoms with E-state index in [1.165, 1.54) is 0 Å². The summed E-state index contributed by atoms with van der Waals surface area (Å²) < 4.78 is 1.23. The maximum absolute atomic E-state index is 11.5. The Morgan fingerprint density at radius 3 is 1.65 bits per heavy atom. The highest BCUT2D eigenvalue weighted by atomic mass is 127. The van der Waals surface area contributed by atoms with Gasteiger partial charge in [-0.3, -0.25) is 14.4 Å². The fraction of sp³-hybridized carbons (Fsp3) is 0.100. The average Bonchev–Trinajstić information content (AvgIpc) is 2.26. The van der Waals surface area contributed by atoms with Crippen molar-refractivity contribution in [2.45, 2.75) is 0 Å². The molecule has 0 spiro atoms. The summed E-state index contributed by atoms with van der Waals surface area (Å²) in [5, 5.41) is 9.89. The third-order valence-electron chi connectivity index (χ3n) is 2.13. The smallest absolute Gasteiger partial charge is 0.322 e. The van der Waals surface area contributed by atoms with Crippen molar-refractivity contribution in [3.05, 3.63) is 21.8 Å². The average molecular weight is 654 g/mol. The van der Waals surface area contributed by atoms with Crippen LogP contribution in [0.15, 0.2) is 0 Å². The predicted molar refractivity (Wildman–Crippen MR) is 101 cm³/mol. The van der Waals surface area contributed by atoms with Crippen molar-refractivity contribution in [1.29, 1.82) is 0 Å². The minimum atomic E-state index is -1.08. The molecule has 1 rings (SSSR count). The molecule has 2 N–H and O–H groups in total. The number of carboxylic acid groups (broad SMARTS) is 1. The third kappa shape index (κ3) is 4.08. The van der Waals surface area contributed by atoms with E-state index < -0.39 is 16.5 Å². The molecule has 5 nitrogen and oxygen atoms in total. The first kappa shape index (κ1) is 18.6. The summed E-state index contributed by atoms with van der Waals surface area (Å²) in [5.41, 5.74) is 0.609. The number of rotatable bonds is 5. The van der Waals surface area contributed by atoms with E-state index >= 15 is 0 Å². The number of carbonyl (C=O) groups excluding carboxylic acids is 2. The van der Waals surface area contributed by atoms with Crippen LogP contribution in [0.1, 0.15) is 20.7 Å². The lowest BCUT2D eigenvalue weighted by atomic mass is 10.1. The quantitative estimate of drug-likeness (QED) is 0.374. The van der Waals surface area contributed by atoms with Crippen LogP contribution in [-0.2, 0) is 4.79 Å².